The number of H-pyrrole nitrogens is 1. The van der Waals surface area contributed by atoms with Gasteiger partial charge in [-0.3, -0.25) is 4.79 Å². The summed E-state index contributed by atoms with van der Waals surface area (Å²) in [5.41, 5.74) is -0.126. The lowest BCUT2D eigenvalue weighted by Crippen LogP contribution is -2.09. The lowest BCUT2D eigenvalue weighted by molar-refractivity contribution is 0.961. The Balaban J connectivity index is 2.64. The molecule has 0 atom stereocenters. The zero-order valence-electron chi connectivity index (χ0n) is 6.42. The molecule has 0 saturated carbocycles. The summed E-state index contributed by atoms with van der Waals surface area (Å²) in [5.74, 6) is 0.635. The van der Waals surface area contributed by atoms with Crippen molar-refractivity contribution in [2.45, 2.75) is 13.3 Å². The van der Waals surface area contributed by atoms with Crippen LogP contribution in [0.2, 0.25) is 0 Å². The fourth-order valence-corrected chi connectivity index (χ4v) is 0.718. The number of aromatic nitrogens is 2. The highest BCUT2D eigenvalue weighted by Gasteiger charge is 1.90. The first-order chi connectivity index (χ1) is 5.33. The number of hydrogen-bond donors (Lipinski definition) is 2. The van der Waals surface area contributed by atoms with E-state index in [4.69, 9.17) is 0 Å². The van der Waals surface area contributed by atoms with Crippen molar-refractivity contribution in [1.29, 1.82) is 0 Å². The molecule has 2 N–H and O–H groups in total. The third-order valence-corrected chi connectivity index (χ3v) is 1.23. The van der Waals surface area contributed by atoms with Gasteiger partial charge in [-0.25, -0.2) is 4.98 Å². The minimum absolute atomic E-state index is 0.126. The molecule has 1 heterocycles. The number of rotatable bonds is 3. The second-order valence-electron chi connectivity index (χ2n) is 2.22. The van der Waals surface area contributed by atoms with Gasteiger partial charge < -0.3 is 10.3 Å². The molecule has 0 radical (unpaired) electrons. The molecule has 60 valence electrons. The Labute approximate surface area is 64.7 Å². The third kappa shape index (κ3) is 2.41. The molecule has 1 aromatic rings. The van der Waals surface area contributed by atoms with Crippen LogP contribution in [-0.4, -0.2) is 16.5 Å². The smallest absolute Gasteiger partial charge is 0.252 e. The van der Waals surface area contributed by atoms with Crippen molar-refractivity contribution < 1.29 is 0 Å². The summed E-state index contributed by atoms with van der Waals surface area (Å²) in [6.45, 7) is 2.90. The highest BCUT2D eigenvalue weighted by atomic mass is 16.1. The average Bonchev–Trinajstić information content (AvgIpc) is 2.01. The maximum Gasteiger partial charge on any atom is 0.252 e. The average molecular weight is 153 g/mol. The molecule has 0 amide bonds. The van der Waals surface area contributed by atoms with Crippen LogP contribution in [0.3, 0.4) is 0 Å². The van der Waals surface area contributed by atoms with Gasteiger partial charge in [-0.2, -0.15) is 0 Å². The third-order valence-electron chi connectivity index (χ3n) is 1.23. The van der Waals surface area contributed by atoms with Crippen molar-refractivity contribution in [3.05, 3.63) is 22.7 Å². The Morgan fingerprint density at radius 1 is 1.73 bits per heavy atom. The maximum atomic E-state index is 10.7. The molecular formula is C7H11N3O. The van der Waals surface area contributed by atoms with E-state index in [1.54, 1.807) is 0 Å². The van der Waals surface area contributed by atoms with Gasteiger partial charge in [0.15, 0.2) is 0 Å². The topological polar surface area (TPSA) is 57.8 Å². The van der Waals surface area contributed by atoms with Crippen molar-refractivity contribution in [1.82, 2.24) is 9.97 Å². The van der Waals surface area contributed by atoms with Crippen LogP contribution in [0.5, 0.6) is 0 Å². The van der Waals surface area contributed by atoms with Gasteiger partial charge >= 0.3 is 0 Å². The second-order valence-corrected chi connectivity index (χ2v) is 2.22. The van der Waals surface area contributed by atoms with Gasteiger partial charge in [0.1, 0.15) is 5.82 Å². The molecule has 4 heteroatoms. The molecule has 0 unspecified atom stereocenters. The highest BCUT2D eigenvalue weighted by molar-refractivity contribution is 5.31. The summed E-state index contributed by atoms with van der Waals surface area (Å²) in [4.78, 5) is 17.1. The van der Waals surface area contributed by atoms with E-state index >= 15 is 0 Å². The summed E-state index contributed by atoms with van der Waals surface area (Å²) in [5, 5.41) is 3.00. The van der Waals surface area contributed by atoms with Gasteiger partial charge in [-0.1, -0.05) is 6.92 Å². The van der Waals surface area contributed by atoms with Crippen LogP contribution in [0.1, 0.15) is 13.3 Å². The Kier molecular flexibility index (Phi) is 2.66. The first-order valence-electron chi connectivity index (χ1n) is 3.61. The summed E-state index contributed by atoms with van der Waals surface area (Å²) in [7, 11) is 0. The van der Waals surface area contributed by atoms with Gasteiger partial charge in [-0.15, -0.1) is 0 Å². The van der Waals surface area contributed by atoms with E-state index in [-0.39, 0.29) is 5.56 Å². The van der Waals surface area contributed by atoms with Crippen LogP contribution in [0.25, 0.3) is 0 Å². The fourth-order valence-electron chi connectivity index (χ4n) is 0.718. The minimum atomic E-state index is -0.126. The monoisotopic (exact) mass is 153 g/mol. The van der Waals surface area contributed by atoms with E-state index in [0.717, 1.165) is 13.0 Å². The minimum Gasteiger partial charge on any atom is -0.370 e. The predicted octanol–water partition coefficient (Wildman–Crippen LogP) is 0.592. The molecule has 0 aromatic carbocycles. The van der Waals surface area contributed by atoms with E-state index in [9.17, 15) is 4.79 Å². The molecule has 11 heavy (non-hydrogen) atoms. The summed E-state index contributed by atoms with van der Waals surface area (Å²) >= 11 is 0. The van der Waals surface area contributed by atoms with Gasteiger partial charge in [0, 0.05) is 12.6 Å². The van der Waals surface area contributed by atoms with Crippen LogP contribution in [-0.2, 0) is 0 Å². The first kappa shape index (κ1) is 7.78. The largest absolute Gasteiger partial charge is 0.370 e. The van der Waals surface area contributed by atoms with Crippen LogP contribution >= 0.6 is 0 Å². The summed E-state index contributed by atoms with van der Waals surface area (Å²) < 4.78 is 0. The second kappa shape index (κ2) is 3.75. The molecule has 0 fully saturated rings. The van der Waals surface area contributed by atoms with Crippen LogP contribution in [0.4, 0.5) is 5.82 Å². The molecule has 0 spiro atoms. The number of aromatic amines is 1. The van der Waals surface area contributed by atoms with E-state index in [0.29, 0.717) is 5.82 Å². The van der Waals surface area contributed by atoms with Crippen molar-refractivity contribution in [2.75, 3.05) is 11.9 Å². The molecule has 1 aromatic heterocycles. The Morgan fingerprint density at radius 3 is 3.18 bits per heavy atom. The van der Waals surface area contributed by atoms with E-state index in [1.165, 1.54) is 12.4 Å². The molecule has 0 bridgehead atoms. The SMILES string of the molecule is CCCNc1cc(=O)[nH]cn1. The van der Waals surface area contributed by atoms with Crippen LogP contribution in [0.15, 0.2) is 17.2 Å². The first-order valence-corrected chi connectivity index (χ1v) is 3.61. The van der Waals surface area contributed by atoms with Crippen molar-refractivity contribution in [3.63, 3.8) is 0 Å². The van der Waals surface area contributed by atoms with Crippen molar-refractivity contribution in [2.24, 2.45) is 0 Å². The van der Waals surface area contributed by atoms with Crippen LogP contribution in [0, 0.1) is 0 Å². The standard InChI is InChI=1S/C7H11N3O/c1-2-3-8-6-4-7(11)10-5-9-6/h4-5H,2-3H2,1H3,(H2,8,9,10,11). The zero-order chi connectivity index (χ0) is 8.10. The maximum absolute atomic E-state index is 10.7. The van der Waals surface area contributed by atoms with Gasteiger partial charge in [0.05, 0.1) is 6.33 Å². The normalized spacial score (nSPS) is 9.55. The number of anilines is 1. The molecule has 1 rings (SSSR count). The Hall–Kier alpha value is -1.32. The number of nitrogens with zero attached hydrogens (tertiary/aromatic N) is 1. The van der Waals surface area contributed by atoms with Crippen molar-refractivity contribution in [3.8, 4) is 0 Å². The van der Waals surface area contributed by atoms with E-state index in [2.05, 4.69) is 22.2 Å². The lowest BCUT2D eigenvalue weighted by Gasteiger charge is -2.00. The lowest BCUT2D eigenvalue weighted by atomic mass is 10.4. The molecule has 0 aliphatic heterocycles. The predicted molar refractivity (Wildman–Crippen MR) is 43.6 cm³/mol. The molecule has 0 aliphatic rings. The summed E-state index contributed by atoms with van der Waals surface area (Å²) in [6.07, 6.45) is 2.41. The van der Waals surface area contributed by atoms with Crippen LogP contribution < -0.4 is 10.9 Å². The number of nitrogens with one attached hydrogen (secondary N) is 2. The van der Waals surface area contributed by atoms with Crippen molar-refractivity contribution >= 4 is 5.82 Å². The highest BCUT2D eigenvalue weighted by Crippen LogP contribution is 1.93. The Morgan fingerprint density at radius 2 is 2.55 bits per heavy atom. The van der Waals surface area contributed by atoms with Gasteiger partial charge in [-0.05, 0) is 6.42 Å². The van der Waals surface area contributed by atoms with Gasteiger partial charge in [0.2, 0.25) is 0 Å². The Bertz CT molecular complexity index is 268. The molecule has 0 saturated heterocycles. The molecular weight excluding hydrogens is 142 g/mol. The quantitative estimate of drug-likeness (QED) is 0.668. The van der Waals surface area contributed by atoms with E-state index in [1.807, 2.05) is 0 Å². The summed E-state index contributed by atoms with van der Waals surface area (Å²) in [6, 6.07) is 1.44. The zero-order valence-corrected chi connectivity index (χ0v) is 6.42. The number of hydrogen-bond acceptors (Lipinski definition) is 3. The van der Waals surface area contributed by atoms with E-state index < -0.39 is 0 Å². The fraction of sp³-hybridized carbons (Fsp3) is 0.429. The van der Waals surface area contributed by atoms with Gasteiger partial charge in [0.25, 0.3) is 5.56 Å². The molecule has 4 nitrogen and oxygen atoms in total. The molecule has 0 aliphatic carbocycles.